The van der Waals surface area contributed by atoms with Gasteiger partial charge in [0.2, 0.25) is 15.9 Å². The van der Waals surface area contributed by atoms with Gasteiger partial charge in [-0.1, -0.05) is 24.3 Å². The summed E-state index contributed by atoms with van der Waals surface area (Å²) in [6.45, 7) is 6.05. The lowest BCUT2D eigenvalue weighted by Crippen LogP contribution is -2.45. The van der Waals surface area contributed by atoms with Crippen LogP contribution in [0.15, 0.2) is 47.4 Å². The summed E-state index contributed by atoms with van der Waals surface area (Å²) in [5.41, 5.74) is 2.39. The van der Waals surface area contributed by atoms with E-state index in [1.54, 1.807) is 31.2 Å². The largest absolute Gasteiger partial charge is 0.349 e. The zero-order valence-electron chi connectivity index (χ0n) is 17.0. The molecule has 2 aromatic carbocycles. The van der Waals surface area contributed by atoms with Crippen molar-refractivity contribution in [3.8, 4) is 0 Å². The quantitative estimate of drug-likeness (QED) is 0.805. The fourth-order valence-corrected chi connectivity index (χ4v) is 5.50. The predicted molar refractivity (Wildman–Crippen MR) is 110 cm³/mol. The summed E-state index contributed by atoms with van der Waals surface area (Å²) in [7, 11) is -3.66. The molecular weight excluding hydrogens is 391 g/mol. The number of rotatable bonds is 5. The maximum absolute atomic E-state index is 13.2. The lowest BCUT2D eigenvalue weighted by atomic mass is 9.98. The molecule has 1 N–H and O–H groups in total. The number of piperidine rings is 1. The molecule has 0 radical (unpaired) electrons. The number of hydrogen-bond acceptors (Lipinski definition) is 3. The minimum absolute atomic E-state index is 0.164. The summed E-state index contributed by atoms with van der Waals surface area (Å²) in [5, 5.41) is 2.93. The molecule has 0 spiro atoms. The van der Waals surface area contributed by atoms with Crippen LogP contribution in [0.4, 0.5) is 4.39 Å². The van der Waals surface area contributed by atoms with E-state index in [0.717, 1.165) is 11.1 Å². The lowest BCUT2D eigenvalue weighted by Gasteiger charge is -2.32. The van der Waals surface area contributed by atoms with Gasteiger partial charge in [0, 0.05) is 13.1 Å². The number of aryl methyl sites for hydroxylation is 2. The Morgan fingerprint density at radius 2 is 1.86 bits per heavy atom. The molecule has 2 aromatic rings. The Bertz CT molecular complexity index is 990. The molecule has 1 amide bonds. The average molecular weight is 419 g/mol. The summed E-state index contributed by atoms with van der Waals surface area (Å²) in [4.78, 5) is 13.1. The van der Waals surface area contributed by atoms with Gasteiger partial charge in [0.05, 0.1) is 16.9 Å². The van der Waals surface area contributed by atoms with Crippen molar-refractivity contribution in [2.24, 2.45) is 5.92 Å². The fourth-order valence-electron chi connectivity index (χ4n) is 3.67. The molecule has 1 aliphatic rings. The summed E-state index contributed by atoms with van der Waals surface area (Å²) >= 11 is 0. The van der Waals surface area contributed by atoms with Gasteiger partial charge in [-0.25, -0.2) is 12.8 Å². The van der Waals surface area contributed by atoms with Crippen molar-refractivity contribution in [3.05, 3.63) is 65.0 Å². The molecule has 1 fully saturated rings. The second-order valence-corrected chi connectivity index (χ2v) is 9.66. The van der Waals surface area contributed by atoms with Crippen molar-refractivity contribution in [1.29, 1.82) is 0 Å². The Hall–Kier alpha value is -2.25. The van der Waals surface area contributed by atoms with E-state index in [-0.39, 0.29) is 24.3 Å². The first kappa shape index (κ1) is 21.5. The van der Waals surface area contributed by atoms with Gasteiger partial charge in [0.15, 0.2) is 0 Å². The molecular formula is C22H27FN2O3S. The number of sulfonamides is 1. The average Bonchev–Trinajstić information content (AvgIpc) is 2.70. The zero-order chi connectivity index (χ0) is 21.2. The maximum Gasteiger partial charge on any atom is 0.243 e. The van der Waals surface area contributed by atoms with Crippen molar-refractivity contribution < 1.29 is 17.6 Å². The van der Waals surface area contributed by atoms with E-state index in [9.17, 15) is 17.6 Å². The van der Waals surface area contributed by atoms with Gasteiger partial charge in [-0.15, -0.1) is 0 Å². The minimum atomic E-state index is -3.66. The molecule has 0 saturated carbocycles. The van der Waals surface area contributed by atoms with E-state index in [1.165, 1.54) is 16.4 Å². The molecule has 1 aliphatic heterocycles. The van der Waals surface area contributed by atoms with Crippen LogP contribution in [0, 0.1) is 25.6 Å². The van der Waals surface area contributed by atoms with Crippen LogP contribution in [0.25, 0.3) is 0 Å². The first-order valence-electron chi connectivity index (χ1n) is 9.81. The van der Waals surface area contributed by atoms with E-state index in [2.05, 4.69) is 5.32 Å². The van der Waals surface area contributed by atoms with E-state index >= 15 is 0 Å². The Balaban J connectivity index is 1.72. The van der Waals surface area contributed by atoms with Crippen molar-refractivity contribution in [3.63, 3.8) is 0 Å². The Morgan fingerprint density at radius 1 is 1.17 bits per heavy atom. The predicted octanol–water partition coefficient (Wildman–Crippen LogP) is 3.72. The third kappa shape index (κ3) is 4.85. The molecule has 5 nitrogen and oxygen atoms in total. The number of hydrogen-bond donors (Lipinski definition) is 1. The highest BCUT2D eigenvalue weighted by atomic mass is 32.2. The number of nitrogens with zero attached hydrogens (tertiary/aromatic N) is 1. The fraction of sp³-hybridized carbons (Fsp3) is 0.409. The van der Waals surface area contributed by atoms with E-state index in [1.807, 2.05) is 19.9 Å². The second kappa shape index (κ2) is 8.63. The topological polar surface area (TPSA) is 66.5 Å². The Kier molecular flexibility index (Phi) is 6.39. The highest BCUT2D eigenvalue weighted by Crippen LogP contribution is 2.27. The molecule has 2 atom stereocenters. The van der Waals surface area contributed by atoms with Crippen molar-refractivity contribution >= 4 is 15.9 Å². The Morgan fingerprint density at radius 3 is 2.55 bits per heavy atom. The number of carbonyl (C=O) groups is 1. The van der Waals surface area contributed by atoms with Gasteiger partial charge in [-0.2, -0.15) is 4.31 Å². The second-order valence-electron chi connectivity index (χ2n) is 7.75. The third-order valence-electron chi connectivity index (χ3n) is 5.45. The summed E-state index contributed by atoms with van der Waals surface area (Å²) < 4.78 is 40.8. The molecule has 0 bridgehead atoms. The van der Waals surface area contributed by atoms with Crippen LogP contribution in [0.5, 0.6) is 0 Å². The first-order valence-corrected chi connectivity index (χ1v) is 11.3. The molecule has 0 unspecified atom stereocenters. The highest BCUT2D eigenvalue weighted by molar-refractivity contribution is 7.89. The van der Waals surface area contributed by atoms with E-state index in [0.29, 0.717) is 29.8 Å². The summed E-state index contributed by atoms with van der Waals surface area (Å²) in [5.74, 6) is -0.916. The maximum atomic E-state index is 13.2. The zero-order valence-corrected chi connectivity index (χ0v) is 17.8. The number of benzene rings is 2. The summed E-state index contributed by atoms with van der Waals surface area (Å²) in [6.07, 6.45) is 1.27. The molecule has 156 valence electrons. The van der Waals surface area contributed by atoms with Crippen molar-refractivity contribution in [1.82, 2.24) is 9.62 Å². The SMILES string of the molecule is Cc1ccc(C)c(S(=O)(=O)N2CCC[C@@H](C(=O)N[C@H](C)c3ccc(F)cc3)C2)c1. The number of halogens is 1. The van der Waals surface area contributed by atoms with Crippen LogP contribution >= 0.6 is 0 Å². The van der Waals surface area contributed by atoms with Gasteiger partial charge in [0.25, 0.3) is 0 Å². The first-order chi connectivity index (χ1) is 13.7. The van der Waals surface area contributed by atoms with Gasteiger partial charge in [-0.3, -0.25) is 4.79 Å². The molecule has 3 rings (SSSR count). The van der Waals surface area contributed by atoms with Crippen LogP contribution < -0.4 is 5.32 Å². The number of amides is 1. The van der Waals surface area contributed by atoms with Gasteiger partial charge >= 0.3 is 0 Å². The van der Waals surface area contributed by atoms with E-state index in [4.69, 9.17) is 0 Å². The smallest absolute Gasteiger partial charge is 0.243 e. The highest BCUT2D eigenvalue weighted by Gasteiger charge is 2.34. The minimum Gasteiger partial charge on any atom is -0.349 e. The lowest BCUT2D eigenvalue weighted by molar-refractivity contribution is -0.126. The molecule has 1 heterocycles. The molecule has 29 heavy (non-hydrogen) atoms. The van der Waals surface area contributed by atoms with E-state index < -0.39 is 15.9 Å². The third-order valence-corrected chi connectivity index (χ3v) is 7.45. The number of nitrogens with one attached hydrogen (secondary N) is 1. The van der Waals surface area contributed by atoms with Gasteiger partial charge in [-0.05, 0) is 68.5 Å². The monoisotopic (exact) mass is 418 g/mol. The molecule has 7 heteroatoms. The molecule has 0 aliphatic carbocycles. The number of carbonyl (C=O) groups excluding carboxylic acids is 1. The van der Waals surface area contributed by atoms with Crippen LogP contribution in [0.2, 0.25) is 0 Å². The Labute approximate surface area is 172 Å². The van der Waals surface area contributed by atoms with Crippen molar-refractivity contribution in [2.45, 2.75) is 44.6 Å². The molecule has 0 aromatic heterocycles. The summed E-state index contributed by atoms with van der Waals surface area (Å²) in [6, 6.07) is 11.1. The molecule has 1 saturated heterocycles. The van der Waals surface area contributed by atoms with Crippen molar-refractivity contribution in [2.75, 3.05) is 13.1 Å². The normalized spacial score (nSPS) is 19.0. The van der Waals surface area contributed by atoms with Gasteiger partial charge in [0.1, 0.15) is 5.82 Å². The van der Waals surface area contributed by atoms with Crippen LogP contribution in [0.3, 0.4) is 0 Å². The van der Waals surface area contributed by atoms with Crippen LogP contribution in [0.1, 0.15) is 42.5 Å². The van der Waals surface area contributed by atoms with Gasteiger partial charge < -0.3 is 5.32 Å². The van der Waals surface area contributed by atoms with Crippen LogP contribution in [-0.4, -0.2) is 31.7 Å². The van der Waals surface area contributed by atoms with Crippen LogP contribution in [-0.2, 0) is 14.8 Å². The standard InChI is InChI=1S/C22H27FN2O3S/c1-15-6-7-16(2)21(13-15)29(27,28)25-12-4-5-19(14-25)22(26)24-17(3)18-8-10-20(23)11-9-18/h6-11,13,17,19H,4-5,12,14H2,1-3H3,(H,24,26)/t17-,19-/m1/s1.